The van der Waals surface area contributed by atoms with Gasteiger partial charge in [0.2, 0.25) is 9.84 Å². The first-order valence-electron chi connectivity index (χ1n) is 6.99. The monoisotopic (exact) mass is 319 g/mol. The van der Waals surface area contributed by atoms with Crippen LogP contribution in [0.3, 0.4) is 0 Å². The summed E-state index contributed by atoms with van der Waals surface area (Å²) in [7, 11) is -1.72. The molecule has 0 spiro atoms. The van der Waals surface area contributed by atoms with Gasteiger partial charge >= 0.3 is 0 Å². The van der Waals surface area contributed by atoms with E-state index >= 15 is 0 Å². The Morgan fingerprint density at radius 2 is 1.86 bits per heavy atom. The molecule has 1 heterocycles. The average molecular weight is 319 g/mol. The summed E-state index contributed by atoms with van der Waals surface area (Å²) in [6, 6.07) is 13.1. The summed E-state index contributed by atoms with van der Waals surface area (Å²) < 4.78 is 36.6. The summed E-state index contributed by atoms with van der Waals surface area (Å²) in [6.07, 6.45) is -0.132. The minimum Gasteiger partial charge on any atom is -0.486 e. The Labute approximate surface area is 129 Å². The zero-order valence-corrected chi connectivity index (χ0v) is 13.0. The van der Waals surface area contributed by atoms with Crippen molar-refractivity contribution in [2.45, 2.75) is 15.9 Å². The topological polar surface area (TPSA) is 64.6 Å². The molecule has 1 N–H and O–H groups in total. The van der Waals surface area contributed by atoms with Gasteiger partial charge in [0, 0.05) is 12.6 Å². The Balaban J connectivity index is 1.95. The van der Waals surface area contributed by atoms with Crippen LogP contribution >= 0.6 is 0 Å². The van der Waals surface area contributed by atoms with Crippen molar-refractivity contribution in [1.82, 2.24) is 5.32 Å². The predicted octanol–water partition coefficient (Wildman–Crippen LogP) is 1.88. The number of benzene rings is 2. The van der Waals surface area contributed by atoms with Gasteiger partial charge in [-0.15, -0.1) is 0 Å². The molecule has 0 radical (unpaired) electrons. The highest BCUT2D eigenvalue weighted by Crippen LogP contribution is 2.35. The fourth-order valence-electron chi connectivity index (χ4n) is 2.33. The molecule has 3 rings (SSSR count). The van der Waals surface area contributed by atoms with Crippen molar-refractivity contribution in [3.05, 3.63) is 48.5 Å². The number of hydrogen-bond acceptors (Lipinski definition) is 5. The third-order valence-electron chi connectivity index (χ3n) is 3.43. The van der Waals surface area contributed by atoms with Crippen LogP contribution in [0.2, 0.25) is 0 Å². The predicted molar refractivity (Wildman–Crippen MR) is 82.2 cm³/mol. The lowest BCUT2D eigenvalue weighted by Crippen LogP contribution is -2.37. The molecule has 2 aromatic carbocycles. The molecule has 2 aromatic rings. The molecule has 6 heteroatoms. The second-order valence-corrected chi connectivity index (χ2v) is 6.98. The maximum absolute atomic E-state index is 12.6. The quantitative estimate of drug-likeness (QED) is 0.932. The zero-order valence-electron chi connectivity index (χ0n) is 12.2. The fraction of sp³-hybridized carbons (Fsp3) is 0.250. The van der Waals surface area contributed by atoms with Crippen molar-refractivity contribution in [3.8, 4) is 11.5 Å². The summed E-state index contributed by atoms with van der Waals surface area (Å²) in [5, 5.41) is 3.02. The largest absolute Gasteiger partial charge is 0.486 e. The van der Waals surface area contributed by atoms with Gasteiger partial charge in [-0.2, -0.15) is 0 Å². The Hall–Kier alpha value is -2.05. The standard InChI is InChI=1S/C16H17NO4S/c1-17-10-12-11-20-15-8-7-14(9-16(15)21-12)22(18,19)13-5-3-2-4-6-13/h2-9,12,17H,10-11H2,1H3/t12-/m0/s1. The molecule has 22 heavy (non-hydrogen) atoms. The van der Waals surface area contributed by atoms with Crippen molar-refractivity contribution < 1.29 is 17.9 Å². The van der Waals surface area contributed by atoms with Crippen LogP contribution in [0.15, 0.2) is 58.3 Å². The highest BCUT2D eigenvalue weighted by molar-refractivity contribution is 7.91. The first-order valence-corrected chi connectivity index (χ1v) is 8.48. The van der Waals surface area contributed by atoms with E-state index in [1.54, 1.807) is 42.5 Å². The first-order chi connectivity index (χ1) is 10.6. The van der Waals surface area contributed by atoms with E-state index in [9.17, 15) is 8.42 Å². The van der Waals surface area contributed by atoms with Gasteiger partial charge < -0.3 is 14.8 Å². The highest BCUT2D eigenvalue weighted by atomic mass is 32.2. The van der Waals surface area contributed by atoms with Crippen LogP contribution in [-0.4, -0.2) is 34.7 Å². The molecule has 0 saturated heterocycles. The molecule has 5 nitrogen and oxygen atoms in total. The minimum atomic E-state index is -3.55. The van der Waals surface area contributed by atoms with E-state index in [0.717, 1.165) is 0 Å². The van der Waals surface area contributed by atoms with Crippen LogP contribution < -0.4 is 14.8 Å². The molecule has 1 atom stereocenters. The summed E-state index contributed by atoms with van der Waals surface area (Å²) in [6.45, 7) is 1.08. The Morgan fingerprint density at radius 3 is 2.59 bits per heavy atom. The molecule has 116 valence electrons. The number of nitrogens with one attached hydrogen (secondary N) is 1. The van der Waals surface area contributed by atoms with E-state index in [0.29, 0.717) is 24.7 Å². The summed E-state index contributed by atoms with van der Waals surface area (Å²) >= 11 is 0. The Morgan fingerprint density at radius 1 is 1.09 bits per heavy atom. The number of ether oxygens (including phenoxy) is 2. The fourth-order valence-corrected chi connectivity index (χ4v) is 3.62. The van der Waals surface area contributed by atoms with E-state index in [1.165, 1.54) is 6.07 Å². The van der Waals surface area contributed by atoms with E-state index in [2.05, 4.69) is 5.32 Å². The molecular formula is C16H17NO4S. The Kier molecular flexibility index (Phi) is 4.04. The zero-order chi connectivity index (χ0) is 15.6. The van der Waals surface area contributed by atoms with Gasteiger partial charge in [-0.3, -0.25) is 0 Å². The van der Waals surface area contributed by atoms with E-state index in [-0.39, 0.29) is 15.9 Å². The highest BCUT2D eigenvalue weighted by Gasteiger charge is 2.24. The second-order valence-electron chi connectivity index (χ2n) is 5.03. The SMILES string of the molecule is CNC[C@H]1COc2ccc(S(=O)(=O)c3ccccc3)cc2O1. The molecule has 0 unspecified atom stereocenters. The maximum atomic E-state index is 12.6. The van der Waals surface area contributed by atoms with E-state index < -0.39 is 9.84 Å². The molecule has 0 fully saturated rings. The third-order valence-corrected chi connectivity index (χ3v) is 5.20. The van der Waals surface area contributed by atoms with Crippen molar-refractivity contribution in [2.24, 2.45) is 0 Å². The number of rotatable bonds is 4. The smallest absolute Gasteiger partial charge is 0.206 e. The van der Waals surface area contributed by atoms with Crippen molar-refractivity contribution in [3.63, 3.8) is 0 Å². The molecule has 0 aromatic heterocycles. The van der Waals surface area contributed by atoms with Crippen LogP contribution in [0.4, 0.5) is 0 Å². The molecule has 1 aliphatic heterocycles. The molecule has 0 bridgehead atoms. The van der Waals surface area contributed by atoms with Gasteiger partial charge in [0.15, 0.2) is 11.5 Å². The third kappa shape index (κ3) is 2.80. The molecule has 0 saturated carbocycles. The van der Waals surface area contributed by atoms with Gasteiger partial charge in [0.25, 0.3) is 0 Å². The maximum Gasteiger partial charge on any atom is 0.206 e. The van der Waals surface area contributed by atoms with Crippen molar-refractivity contribution >= 4 is 9.84 Å². The van der Waals surface area contributed by atoms with Crippen LogP contribution in [0.1, 0.15) is 0 Å². The van der Waals surface area contributed by atoms with E-state index in [1.807, 2.05) is 7.05 Å². The van der Waals surface area contributed by atoms with Gasteiger partial charge in [-0.1, -0.05) is 18.2 Å². The van der Waals surface area contributed by atoms with E-state index in [4.69, 9.17) is 9.47 Å². The number of hydrogen-bond donors (Lipinski definition) is 1. The van der Waals surface area contributed by atoms with Crippen LogP contribution in [0, 0.1) is 0 Å². The summed E-state index contributed by atoms with van der Waals surface area (Å²) in [5.74, 6) is 1.03. The number of fused-ring (bicyclic) bond motifs is 1. The van der Waals surface area contributed by atoms with Gasteiger partial charge in [-0.25, -0.2) is 8.42 Å². The number of sulfone groups is 1. The lowest BCUT2D eigenvalue weighted by Gasteiger charge is -2.26. The normalized spacial score (nSPS) is 17.2. The lowest BCUT2D eigenvalue weighted by molar-refractivity contribution is 0.0915. The Bertz CT molecular complexity index is 759. The minimum absolute atomic E-state index is 0.132. The van der Waals surface area contributed by atoms with Crippen molar-refractivity contribution in [2.75, 3.05) is 20.2 Å². The van der Waals surface area contributed by atoms with Crippen LogP contribution in [-0.2, 0) is 9.84 Å². The average Bonchev–Trinajstić information content (AvgIpc) is 2.55. The first kappa shape index (κ1) is 14.9. The van der Waals surface area contributed by atoms with Gasteiger partial charge in [0.1, 0.15) is 12.7 Å². The van der Waals surface area contributed by atoms with Crippen molar-refractivity contribution in [1.29, 1.82) is 0 Å². The second kappa shape index (κ2) is 5.98. The molecular weight excluding hydrogens is 302 g/mol. The molecule has 0 amide bonds. The van der Waals surface area contributed by atoms with Gasteiger partial charge in [-0.05, 0) is 31.3 Å². The number of likely N-dealkylation sites (N-methyl/N-ethyl adjacent to an activating group) is 1. The molecule has 1 aliphatic rings. The van der Waals surface area contributed by atoms with Crippen LogP contribution in [0.5, 0.6) is 11.5 Å². The summed E-state index contributed by atoms with van der Waals surface area (Å²) in [4.78, 5) is 0.463. The molecule has 0 aliphatic carbocycles. The van der Waals surface area contributed by atoms with Gasteiger partial charge in [0.05, 0.1) is 9.79 Å². The summed E-state index contributed by atoms with van der Waals surface area (Å²) in [5.41, 5.74) is 0. The van der Waals surface area contributed by atoms with Crippen LogP contribution in [0.25, 0.3) is 0 Å². The lowest BCUT2D eigenvalue weighted by atomic mass is 10.2.